The summed E-state index contributed by atoms with van der Waals surface area (Å²) in [6, 6.07) is 3.54. The van der Waals surface area contributed by atoms with Crippen LogP contribution in [0.25, 0.3) is 0 Å². The Hall–Kier alpha value is -1.26. The van der Waals surface area contributed by atoms with Crippen LogP contribution in [0.3, 0.4) is 0 Å². The van der Waals surface area contributed by atoms with Crippen molar-refractivity contribution in [3.63, 3.8) is 0 Å². The second-order valence-corrected chi connectivity index (χ2v) is 5.87. The molecular weight excluding hydrogens is 264 g/mol. The first kappa shape index (κ1) is 12.8. The molecule has 1 aromatic rings. The zero-order valence-electron chi connectivity index (χ0n) is 10.8. The second-order valence-electron chi connectivity index (χ2n) is 5.46. The molecule has 1 atom stereocenters. The Kier molecular flexibility index (Phi) is 3.15. The summed E-state index contributed by atoms with van der Waals surface area (Å²) >= 11 is 6.27. The van der Waals surface area contributed by atoms with Crippen molar-refractivity contribution in [2.45, 2.75) is 25.4 Å². The third-order valence-corrected chi connectivity index (χ3v) is 4.39. The van der Waals surface area contributed by atoms with Gasteiger partial charge in [0.2, 0.25) is 0 Å². The van der Waals surface area contributed by atoms with Gasteiger partial charge in [0.15, 0.2) is 6.10 Å². The van der Waals surface area contributed by atoms with E-state index in [4.69, 9.17) is 11.6 Å². The number of amides is 1. The lowest BCUT2D eigenvalue weighted by molar-refractivity contribution is -0.123. The van der Waals surface area contributed by atoms with Crippen molar-refractivity contribution in [2.24, 2.45) is 5.92 Å². The Morgan fingerprint density at radius 3 is 2.84 bits per heavy atom. The van der Waals surface area contributed by atoms with Crippen LogP contribution in [-0.4, -0.2) is 24.6 Å². The van der Waals surface area contributed by atoms with Crippen LogP contribution >= 0.6 is 11.6 Å². The minimum absolute atomic E-state index is 0.384. The van der Waals surface area contributed by atoms with Gasteiger partial charge in [-0.15, -0.1) is 0 Å². The van der Waals surface area contributed by atoms with Crippen molar-refractivity contribution in [1.82, 2.24) is 0 Å². The zero-order valence-corrected chi connectivity index (χ0v) is 11.6. The highest BCUT2D eigenvalue weighted by Crippen LogP contribution is 2.39. The SMILES string of the molecule is CN(CC1CCC1)c1cc2c(cc1Cl)C(O)C(=O)N2. The highest BCUT2D eigenvalue weighted by atomic mass is 35.5. The molecule has 0 bridgehead atoms. The fraction of sp³-hybridized carbons (Fsp3) is 0.500. The van der Waals surface area contributed by atoms with Gasteiger partial charge in [0, 0.05) is 24.8 Å². The number of benzene rings is 1. The normalized spacial score (nSPS) is 21.8. The van der Waals surface area contributed by atoms with Crippen molar-refractivity contribution in [3.05, 3.63) is 22.7 Å². The molecule has 102 valence electrons. The molecule has 19 heavy (non-hydrogen) atoms. The summed E-state index contributed by atoms with van der Waals surface area (Å²) in [7, 11) is 2.01. The number of nitrogens with zero attached hydrogens (tertiary/aromatic N) is 1. The number of hydrogen-bond donors (Lipinski definition) is 2. The van der Waals surface area contributed by atoms with Crippen LogP contribution in [0.2, 0.25) is 5.02 Å². The molecule has 1 saturated carbocycles. The molecule has 0 aromatic heterocycles. The van der Waals surface area contributed by atoms with Crippen LogP contribution in [0.15, 0.2) is 12.1 Å². The Bertz CT molecular complexity index is 528. The van der Waals surface area contributed by atoms with Crippen molar-refractivity contribution < 1.29 is 9.90 Å². The fourth-order valence-corrected chi connectivity index (χ4v) is 3.02. The molecule has 0 radical (unpaired) electrons. The van der Waals surface area contributed by atoms with Gasteiger partial charge >= 0.3 is 0 Å². The summed E-state index contributed by atoms with van der Waals surface area (Å²) in [5, 5.41) is 13.0. The van der Waals surface area contributed by atoms with E-state index in [1.54, 1.807) is 6.07 Å². The monoisotopic (exact) mass is 280 g/mol. The van der Waals surface area contributed by atoms with Gasteiger partial charge in [-0.3, -0.25) is 4.79 Å². The highest BCUT2D eigenvalue weighted by molar-refractivity contribution is 6.33. The quantitative estimate of drug-likeness (QED) is 0.895. The predicted molar refractivity (Wildman–Crippen MR) is 75.7 cm³/mol. The topological polar surface area (TPSA) is 52.6 Å². The van der Waals surface area contributed by atoms with E-state index < -0.39 is 6.10 Å². The average Bonchev–Trinajstić information content (AvgIpc) is 2.59. The highest BCUT2D eigenvalue weighted by Gasteiger charge is 2.30. The average molecular weight is 281 g/mol. The molecule has 1 unspecified atom stereocenters. The van der Waals surface area contributed by atoms with E-state index in [1.165, 1.54) is 19.3 Å². The van der Waals surface area contributed by atoms with E-state index in [2.05, 4.69) is 10.2 Å². The number of rotatable bonds is 3. The third kappa shape index (κ3) is 2.19. The smallest absolute Gasteiger partial charge is 0.257 e. The van der Waals surface area contributed by atoms with Gasteiger partial charge < -0.3 is 15.3 Å². The van der Waals surface area contributed by atoms with Gasteiger partial charge in [-0.25, -0.2) is 0 Å². The van der Waals surface area contributed by atoms with E-state index in [0.717, 1.165) is 18.2 Å². The Labute approximate surface area is 117 Å². The number of carbonyl (C=O) groups excluding carboxylic acids is 1. The molecule has 1 aliphatic heterocycles. The number of anilines is 2. The minimum Gasteiger partial charge on any atom is -0.378 e. The van der Waals surface area contributed by atoms with Crippen LogP contribution in [0.5, 0.6) is 0 Å². The zero-order chi connectivity index (χ0) is 13.6. The molecule has 4 nitrogen and oxygen atoms in total. The van der Waals surface area contributed by atoms with E-state index in [-0.39, 0.29) is 5.91 Å². The number of carbonyl (C=O) groups is 1. The number of hydrogen-bond acceptors (Lipinski definition) is 3. The predicted octanol–water partition coefficient (Wildman–Crippen LogP) is 2.56. The van der Waals surface area contributed by atoms with Crippen LogP contribution in [0.1, 0.15) is 30.9 Å². The summed E-state index contributed by atoms with van der Waals surface area (Å²) < 4.78 is 0. The van der Waals surface area contributed by atoms with Gasteiger partial charge in [-0.05, 0) is 30.9 Å². The van der Waals surface area contributed by atoms with Gasteiger partial charge in [0.05, 0.1) is 10.7 Å². The van der Waals surface area contributed by atoms with Crippen LogP contribution in [-0.2, 0) is 4.79 Å². The Balaban J connectivity index is 1.86. The molecule has 1 aliphatic carbocycles. The van der Waals surface area contributed by atoms with Crippen molar-refractivity contribution in [1.29, 1.82) is 0 Å². The maximum atomic E-state index is 11.4. The molecule has 1 aromatic carbocycles. The molecule has 1 amide bonds. The van der Waals surface area contributed by atoms with Crippen molar-refractivity contribution >= 4 is 28.9 Å². The lowest BCUT2D eigenvalue weighted by Gasteiger charge is -2.32. The van der Waals surface area contributed by atoms with E-state index in [1.807, 2.05) is 13.1 Å². The number of fused-ring (bicyclic) bond motifs is 1. The van der Waals surface area contributed by atoms with Crippen molar-refractivity contribution in [3.8, 4) is 0 Å². The van der Waals surface area contributed by atoms with Crippen LogP contribution in [0.4, 0.5) is 11.4 Å². The molecule has 2 N–H and O–H groups in total. The van der Waals surface area contributed by atoms with E-state index >= 15 is 0 Å². The first-order valence-corrected chi connectivity index (χ1v) is 6.97. The summed E-state index contributed by atoms with van der Waals surface area (Å²) in [6.07, 6.45) is 2.78. The standard InChI is InChI=1S/C14H17ClN2O2/c1-17(7-8-3-2-4-8)12-6-11-9(5-10(12)15)13(18)14(19)16-11/h5-6,8,13,18H,2-4,7H2,1H3,(H,16,19). The number of halogens is 1. The van der Waals surface area contributed by atoms with Crippen LogP contribution in [0, 0.1) is 5.92 Å². The molecule has 2 aliphatic rings. The lowest BCUT2D eigenvalue weighted by Crippen LogP contribution is -2.29. The van der Waals surface area contributed by atoms with Gasteiger partial charge in [0.25, 0.3) is 5.91 Å². The lowest BCUT2D eigenvalue weighted by atomic mass is 9.85. The van der Waals surface area contributed by atoms with Crippen molar-refractivity contribution in [2.75, 3.05) is 23.8 Å². The molecule has 3 rings (SSSR count). The number of aliphatic hydroxyl groups is 1. The third-order valence-electron chi connectivity index (χ3n) is 4.09. The number of nitrogens with one attached hydrogen (secondary N) is 1. The van der Waals surface area contributed by atoms with Gasteiger partial charge in [-0.1, -0.05) is 18.0 Å². The Morgan fingerprint density at radius 2 is 2.21 bits per heavy atom. The summed E-state index contributed by atoms with van der Waals surface area (Å²) in [5.74, 6) is 0.361. The summed E-state index contributed by atoms with van der Waals surface area (Å²) in [4.78, 5) is 13.6. The second kappa shape index (κ2) is 4.69. The number of aliphatic hydroxyl groups excluding tert-OH is 1. The molecule has 1 heterocycles. The van der Waals surface area contributed by atoms with Crippen LogP contribution < -0.4 is 10.2 Å². The molecule has 0 saturated heterocycles. The summed E-state index contributed by atoms with van der Waals surface area (Å²) in [6.45, 7) is 0.981. The summed E-state index contributed by atoms with van der Waals surface area (Å²) in [5.41, 5.74) is 2.13. The molecule has 1 fully saturated rings. The first-order valence-electron chi connectivity index (χ1n) is 6.60. The van der Waals surface area contributed by atoms with Gasteiger partial charge in [0.1, 0.15) is 0 Å². The first-order chi connectivity index (χ1) is 9.06. The Morgan fingerprint density at radius 1 is 1.47 bits per heavy atom. The largest absolute Gasteiger partial charge is 0.378 e. The molecule has 5 heteroatoms. The fourth-order valence-electron chi connectivity index (χ4n) is 2.71. The molecular formula is C14H17ClN2O2. The van der Waals surface area contributed by atoms with Gasteiger partial charge in [-0.2, -0.15) is 0 Å². The van der Waals surface area contributed by atoms with E-state index in [9.17, 15) is 9.90 Å². The maximum absolute atomic E-state index is 11.4. The van der Waals surface area contributed by atoms with E-state index in [0.29, 0.717) is 16.3 Å². The molecule has 0 spiro atoms. The maximum Gasteiger partial charge on any atom is 0.257 e. The minimum atomic E-state index is -1.10.